The molecule has 25 heavy (non-hydrogen) atoms. The van der Waals surface area contributed by atoms with E-state index in [1.54, 1.807) is 38.3 Å². The number of esters is 1. The molecule has 6 heteroatoms. The average Bonchev–Trinajstić information content (AvgIpc) is 2.62. The summed E-state index contributed by atoms with van der Waals surface area (Å²) in [5, 5.41) is 2.99. The van der Waals surface area contributed by atoms with Gasteiger partial charge in [0.15, 0.2) is 12.7 Å². The molecule has 1 aromatic rings. The van der Waals surface area contributed by atoms with Crippen LogP contribution in [0, 0.1) is 5.92 Å². The van der Waals surface area contributed by atoms with Crippen molar-refractivity contribution in [3.05, 3.63) is 24.3 Å². The number of rotatable bonds is 7. The lowest BCUT2D eigenvalue weighted by molar-refractivity contribution is -0.157. The lowest BCUT2D eigenvalue weighted by Gasteiger charge is -2.30. The number of amides is 1. The highest BCUT2D eigenvalue weighted by Gasteiger charge is 2.26. The van der Waals surface area contributed by atoms with Gasteiger partial charge in [-0.15, -0.1) is 0 Å². The Hall–Kier alpha value is -2.24. The quantitative estimate of drug-likeness (QED) is 0.766. The maximum absolute atomic E-state index is 12.2. The van der Waals surface area contributed by atoms with Gasteiger partial charge in [0.05, 0.1) is 7.11 Å². The van der Waals surface area contributed by atoms with E-state index in [0.717, 1.165) is 19.3 Å². The summed E-state index contributed by atoms with van der Waals surface area (Å²) in [5.41, 5.74) is 0. The Morgan fingerprint density at radius 3 is 2.44 bits per heavy atom. The van der Waals surface area contributed by atoms with E-state index in [1.807, 2.05) is 0 Å². The van der Waals surface area contributed by atoms with E-state index < -0.39 is 12.1 Å². The Bertz CT molecular complexity index is 572. The van der Waals surface area contributed by atoms with Crippen LogP contribution < -0.4 is 14.8 Å². The van der Waals surface area contributed by atoms with Gasteiger partial charge in [-0.1, -0.05) is 19.8 Å². The van der Waals surface area contributed by atoms with E-state index in [4.69, 9.17) is 14.2 Å². The van der Waals surface area contributed by atoms with Gasteiger partial charge in [-0.3, -0.25) is 4.79 Å². The van der Waals surface area contributed by atoms with Crippen molar-refractivity contribution in [2.24, 2.45) is 5.92 Å². The van der Waals surface area contributed by atoms with E-state index in [1.165, 1.54) is 6.42 Å². The lowest BCUT2D eigenvalue weighted by atomic mass is 9.86. The summed E-state index contributed by atoms with van der Waals surface area (Å²) in [6.07, 6.45) is 3.60. The van der Waals surface area contributed by atoms with Crippen LogP contribution in [0.3, 0.4) is 0 Å². The average molecular weight is 349 g/mol. The second kappa shape index (κ2) is 9.30. The third kappa shape index (κ3) is 5.96. The number of methoxy groups -OCH3 is 1. The molecule has 138 valence electrons. The Morgan fingerprint density at radius 1 is 1.16 bits per heavy atom. The first-order valence-electron chi connectivity index (χ1n) is 8.76. The fourth-order valence-corrected chi connectivity index (χ4v) is 2.93. The SMILES string of the molecule is COc1ccc(OCC(=O)O[C@H](C)C(=O)N[C@H]2CCCC[C@@H]2C)cc1. The minimum atomic E-state index is -0.832. The summed E-state index contributed by atoms with van der Waals surface area (Å²) in [7, 11) is 1.58. The first-order chi connectivity index (χ1) is 12.0. The molecule has 0 aliphatic heterocycles. The van der Waals surface area contributed by atoms with Crippen LogP contribution in [0.15, 0.2) is 24.3 Å². The summed E-state index contributed by atoms with van der Waals surface area (Å²) >= 11 is 0. The zero-order chi connectivity index (χ0) is 18.2. The van der Waals surface area contributed by atoms with Crippen LogP contribution >= 0.6 is 0 Å². The maximum Gasteiger partial charge on any atom is 0.344 e. The van der Waals surface area contributed by atoms with Crippen LogP contribution in [-0.4, -0.2) is 37.7 Å². The Labute approximate surface area is 148 Å². The molecule has 0 aromatic heterocycles. The highest BCUT2D eigenvalue weighted by Crippen LogP contribution is 2.23. The minimum Gasteiger partial charge on any atom is -0.497 e. The van der Waals surface area contributed by atoms with Crippen LogP contribution in [0.25, 0.3) is 0 Å². The molecule has 1 aromatic carbocycles. The van der Waals surface area contributed by atoms with Crippen molar-refractivity contribution in [3.63, 3.8) is 0 Å². The highest BCUT2D eigenvalue weighted by atomic mass is 16.6. The fourth-order valence-electron chi connectivity index (χ4n) is 2.93. The van der Waals surface area contributed by atoms with Gasteiger partial charge < -0.3 is 19.5 Å². The minimum absolute atomic E-state index is 0.165. The van der Waals surface area contributed by atoms with Crippen molar-refractivity contribution in [2.75, 3.05) is 13.7 Å². The molecule has 0 radical (unpaired) electrons. The number of hydrogen-bond acceptors (Lipinski definition) is 5. The second-order valence-electron chi connectivity index (χ2n) is 6.47. The van der Waals surface area contributed by atoms with Gasteiger partial charge in [0.25, 0.3) is 5.91 Å². The molecule has 2 rings (SSSR count). The van der Waals surface area contributed by atoms with E-state index >= 15 is 0 Å². The number of carbonyl (C=O) groups excluding carboxylic acids is 2. The summed E-state index contributed by atoms with van der Waals surface area (Å²) in [6, 6.07) is 7.04. The number of hydrogen-bond donors (Lipinski definition) is 1. The number of nitrogens with one attached hydrogen (secondary N) is 1. The van der Waals surface area contributed by atoms with Crippen LogP contribution in [0.1, 0.15) is 39.5 Å². The molecule has 0 bridgehead atoms. The monoisotopic (exact) mass is 349 g/mol. The molecule has 0 unspecified atom stereocenters. The molecular formula is C19H27NO5. The van der Waals surface area contributed by atoms with Gasteiger partial charge in [0, 0.05) is 6.04 Å². The number of ether oxygens (including phenoxy) is 3. The third-order valence-corrected chi connectivity index (χ3v) is 4.53. The van der Waals surface area contributed by atoms with Crippen LogP contribution in [0.5, 0.6) is 11.5 Å². The Kier molecular flexibility index (Phi) is 7.10. The summed E-state index contributed by atoms with van der Waals surface area (Å²) in [6.45, 7) is 3.47. The highest BCUT2D eigenvalue weighted by molar-refractivity contribution is 5.83. The molecule has 0 saturated heterocycles. The second-order valence-corrected chi connectivity index (χ2v) is 6.47. The first kappa shape index (κ1) is 19.1. The van der Waals surface area contributed by atoms with E-state index in [9.17, 15) is 9.59 Å². The van der Waals surface area contributed by atoms with E-state index in [0.29, 0.717) is 17.4 Å². The van der Waals surface area contributed by atoms with Gasteiger partial charge in [0.1, 0.15) is 11.5 Å². The smallest absolute Gasteiger partial charge is 0.344 e. The van der Waals surface area contributed by atoms with E-state index in [-0.39, 0.29) is 18.6 Å². The zero-order valence-corrected chi connectivity index (χ0v) is 15.1. The van der Waals surface area contributed by atoms with Crippen LogP contribution in [0.4, 0.5) is 0 Å². The topological polar surface area (TPSA) is 73.9 Å². The summed E-state index contributed by atoms with van der Waals surface area (Å²) < 4.78 is 15.6. The third-order valence-electron chi connectivity index (χ3n) is 4.53. The van der Waals surface area contributed by atoms with Gasteiger partial charge in [-0.2, -0.15) is 0 Å². The molecule has 1 aliphatic carbocycles. The molecule has 1 fully saturated rings. The standard InChI is InChI=1S/C19H27NO5/c1-13-6-4-5-7-17(13)20-19(22)14(2)25-18(21)12-24-16-10-8-15(23-3)9-11-16/h8-11,13-14,17H,4-7,12H2,1-3H3,(H,20,22)/t13-,14+,17-/m0/s1. The van der Waals surface area contributed by atoms with Crippen molar-refractivity contribution in [1.29, 1.82) is 0 Å². The van der Waals surface area contributed by atoms with Crippen molar-refractivity contribution >= 4 is 11.9 Å². The molecule has 0 heterocycles. The normalized spacial score (nSPS) is 21.1. The zero-order valence-electron chi connectivity index (χ0n) is 15.1. The van der Waals surface area contributed by atoms with Crippen molar-refractivity contribution in [1.82, 2.24) is 5.32 Å². The van der Waals surface area contributed by atoms with Crippen molar-refractivity contribution in [3.8, 4) is 11.5 Å². The first-order valence-corrected chi connectivity index (χ1v) is 8.76. The Morgan fingerprint density at radius 2 is 1.80 bits per heavy atom. The molecular weight excluding hydrogens is 322 g/mol. The number of benzene rings is 1. The molecule has 0 spiro atoms. The number of carbonyl (C=O) groups is 2. The summed E-state index contributed by atoms with van der Waals surface area (Å²) in [4.78, 5) is 24.1. The fraction of sp³-hybridized carbons (Fsp3) is 0.579. The predicted molar refractivity (Wildman–Crippen MR) is 93.6 cm³/mol. The lowest BCUT2D eigenvalue weighted by Crippen LogP contribution is -2.46. The molecule has 1 N–H and O–H groups in total. The summed E-state index contributed by atoms with van der Waals surface area (Å²) in [5.74, 6) is 0.869. The van der Waals surface area contributed by atoms with Gasteiger partial charge in [-0.05, 0) is 49.9 Å². The van der Waals surface area contributed by atoms with E-state index in [2.05, 4.69) is 12.2 Å². The predicted octanol–water partition coefficient (Wildman–Crippen LogP) is 2.70. The maximum atomic E-state index is 12.2. The van der Waals surface area contributed by atoms with Crippen molar-refractivity contribution < 1.29 is 23.8 Å². The van der Waals surface area contributed by atoms with Gasteiger partial charge in [0.2, 0.25) is 0 Å². The molecule has 6 nitrogen and oxygen atoms in total. The van der Waals surface area contributed by atoms with Gasteiger partial charge >= 0.3 is 5.97 Å². The Balaban J connectivity index is 1.73. The molecule has 1 amide bonds. The van der Waals surface area contributed by atoms with Crippen LogP contribution in [-0.2, 0) is 14.3 Å². The van der Waals surface area contributed by atoms with Crippen LogP contribution in [0.2, 0.25) is 0 Å². The largest absolute Gasteiger partial charge is 0.497 e. The van der Waals surface area contributed by atoms with Crippen molar-refractivity contribution in [2.45, 2.75) is 51.7 Å². The molecule has 1 aliphatic rings. The van der Waals surface area contributed by atoms with Gasteiger partial charge in [-0.25, -0.2) is 4.79 Å². The molecule has 1 saturated carbocycles. The molecule has 3 atom stereocenters.